The zero-order valence-corrected chi connectivity index (χ0v) is 12.3. The molecular formula is C18H21NO. The summed E-state index contributed by atoms with van der Waals surface area (Å²) in [5.74, 6) is 0. The van der Waals surface area contributed by atoms with E-state index in [2.05, 4.69) is 74.2 Å². The molecule has 2 heteroatoms. The molecule has 1 aliphatic rings. The van der Waals surface area contributed by atoms with Crippen LogP contribution in [0.5, 0.6) is 0 Å². The predicted molar refractivity (Wildman–Crippen MR) is 82.9 cm³/mol. The summed E-state index contributed by atoms with van der Waals surface area (Å²) in [4.78, 5) is 2.40. The number of hydrogen-bond acceptors (Lipinski definition) is 2. The molecule has 20 heavy (non-hydrogen) atoms. The van der Waals surface area contributed by atoms with Crippen LogP contribution in [0, 0.1) is 6.92 Å². The van der Waals surface area contributed by atoms with Gasteiger partial charge >= 0.3 is 0 Å². The average molecular weight is 267 g/mol. The van der Waals surface area contributed by atoms with Crippen molar-refractivity contribution in [1.29, 1.82) is 0 Å². The standard InChI is InChI=1S/C18H21NO/c1-13-9-7-8-12-17(13)19-14(2)15(3)20-18(19)16-10-5-4-6-11-16/h4-12,14-15,18H,1-3H3/t14-,15?,18?/m0/s1. The van der Waals surface area contributed by atoms with Crippen molar-refractivity contribution >= 4 is 5.69 Å². The molecule has 0 N–H and O–H groups in total. The molecule has 0 aromatic heterocycles. The van der Waals surface area contributed by atoms with Crippen LogP contribution in [0.1, 0.15) is 31.2 Å². The zero-order chi connectivity index (χ0) is 14.1. The molecule has 1 aliphatic heterocycles. The van der Waals surface area contributed by atoms with Gasteiger partial charge in [-0.05, 0) is 32.4 Å². The Labute approximate surface area is 121 Å². The average Bonchev–Trinajstić information content (AvgIpc) is 2.77. The Morgan fingerprint density at radius 3 is 2.25 bits per heavy atom. The van der Waals surface area contributed by atoms with Gasteiger partial charge in [-0.15, -0.1) is 0 Å². The van der Waals surface area contributed by atoms with Crippen molar-refractivity contribution in [2.45, 2.75) is 39.1 Å². The van der Waals surface area contributed by atoms with Gasteiger partial charge in [0, 0.05) is 11.3 Å². The maximum Gasteiger partial charge on any atom is 0.157 e. The molecule has 2 aromatic rings. The van der Waals surface area contributed by atoms with Crippen molar-refractivity contribution in [2.75, 3.05) is 4.90 Å². The largest absolute Gasteiger partial charge is 0.349 e. The summed E-state index contributed by atoms with van der Waals surface area (Å²) in [6.07, 6.45) is 0.224. The first kappa shape index (κ1) is 13.2. The number of para-hydroxylation sites is 1. The molecule has 2 unspecified atom stereocenters. The number of nitrogens with zero attached hydrogens (tertiary/aromatic N) is 1. The van der Waals surface area contributed by atoms with Gasteiger partial charge in [0.25, 0.3) is 0 Å². The Bertz CT molecular complexity index is 581. The van der Waals surface area contributed by atoms with Gasteiger partial charge in [-0.3, -0.25) is 0 Å². The molecule has 2 nitrogen and oxygen atoms in total. The van der Waals surface area contributed by atoms with Crippen LogP contribution < -0.4 is 4.90 Å². The fourth-order valence-corrected chi connectivity index (χ4v) is 2.88. The number of aryl methyl sites for hydroxylation is 1. The van der Waals surface area contributed by atoms with Gasteiger partial charge < -0.3 is 9.64 Å². The van der Waals surface area contributed by atoms with Crippen molar-refractivity contribution in [3.63, 3.8) is 0 Å². The van der Waals surface area contributed by atoms with Crippen LogP contribution >= 0.6 is 0 Å². The summed E-state index contributed by atoms with van der Waals surface area (Å²) in [5.41, 5.74) is 3.77. The summed E-state index contributed by atoms with van der Waals surface area (Å²) >= 11 is 0. The lowest BCUT2D eigenvalue weighted by Crippen LogP contribution is -2.33. The van der Waals surface area contributed by atoms with E-state index in [9.17, 15) is 0 Å². The second kappa shape index (κ2) is 5.29. The third-order valence-corrected chi connectivity index (χ3v) is 4.19. The molecule has 0 spiro atoms. The minimum absolute atomic E-state index is 0.00213. The van der Waals surface area contributed by atoms with Gasteiger partial charge in [0.2, 0.25) is 0 Å². The molecule has 104 valence electrons. The molecule has 1 heterocycles. The molecule has 0 bridgehead atoms. The van der Waals surface area contributed by atoms with Gasteiger partial charge in [0.05, 0.1) is 12.1 Å². The van der Waals surface area contributed by atoms with Crippen molar-refractivity contribution in [2.24, 2.45) is 0 Å². The maximum absolute atomic E-state index is 6.21. The van der Waals surface area contributed by atoms with E-state index in [1.807, 2.05) is 6.07 Å². The summed E-state index contributed by atoms with van der Waals surface area (Å²) < 4.78 is 6.21. The predicted octanol–water partition coefficient (Wildman–Crippen LogP) is 4.31. The van der Waals surface area contributed by atoms with Gasteiger partial charge in [0.15, 0.2) is 6.23 Å². The first-order valence-corrected chi connectivity index (χ1v) is 7.23. The van der Waals surface area contributed by atoms with Gasteiger partial charge in [0.1, 0.15) is 0 Å². The molecule has 1 saturated heterocycles. The number of hydrogen-bond donors (Lipinski definition) is 0. The molecule has 0 saturated carbocycles. The zero-order valence-electron chi connectivity index (χ0n) is 12.3. The minimum Gasteiger partial charge on any atom is -0.349 e. The van der Waals surface area contributed by atoms with E-state index in [-0.39, 0.29) is 12.3 Å². The fourth-order valence-electron chi connectivity index (χ4n) is 2.88. The van der Waals surface area contributed by atoms with E-state index in [0.29, 0.717) is 6.04 Å². The Balaban J connectivity index is 2.04. The quantitative estimate of drug-likeness (QED) is 0.804. The van der Waals surface area contributed by atoms with Crippen LogP contribution in [0.3, 0.4) is 0 Å². The normalized spacial score (nSPS) is 25.9. The Morgan fingerprint density at radius 2 is 1.55 bits per heavy atom. The van der Waals surface area contributed by atoms with E-state index < -0.39 is 0 Å². The van der Waals surface area contributed by atoms with Crippen LogP contribution in [-0.2, 0) is 4.74 Å². The molecule has 1 fully saturated rings. The third kappa shape index (κ3) is 2.20. The van der Waals surface area contributed by atoms with Crippen LogP contribution in [-0.4, -0.2) is 12.1 Å². The molecule has 3 rings (SSSR count). The maximum atomic E-state index is 6.21. The van der Waals surface area contributed by atoms with E-state index in [1.165, 1.54) is 16.8 Å². The monoisotopic (exact) mass is 267 g/mol. The van der Waals surface area contributed by atoms with E-state index in [4.69, 9.17) is 4.74 Å². The Kier molecular flexibility index (Phi) is 3.49. The van der Waals surface area contributed by atoms with E-state index in [0.717, 1.165) is 0 Å². The highest BCUT2D eigenvalue weighted by Crippen LogP contribution is 2.39. The molecular weight excluding hydrogens is 246 g/mol. The van der Waals surface area contributed by atoms with Crippen molar-refractivity contribution in [3.05, 3.63) is 65.7 Å². The second-order valence-electron chi connectivity index (χ2n) is 5.54. The van der Waals surface area contributed by atoms with Crippen molar-refractivity contribution in [3.8, 4) is 0 Å². The number of rotatable bonds is 2. The highest BCUT2D eigenvalue weighted by atomic mass is 16.5. The molecule has 0 radical (unpaired) electrons. The van der Waals surface area contributed by atoms with Gasteiger partial charge in [-0.1, -0.05) is 48.5 Å². The minimum atomic E-state index is 0.00213. The fraction of sp³-hybridized carbons (Fsp3) is 0.333. The lowest BCUT2D eigenvalue weighted by molar-refractivity contribution is 0.0535. The van der Waals surface area contributed by atoms with Gasteiger partial charge in [-0.25, -0.2) is 0 Å². The lowest BCUT2D eigenvalue weighted by Gasteiger charge is -2.30. The number of anilines is 1. The van der Waals surface area contributed by atoms with Crippen LogP contribution in [0.15, 0.2) is 54.6 Å². The molecule has 0 amide bonds. The van der Waals surface area contributed by atoms with Crippen LogP contribution in [0.25, 0.3) is 0 Å². The summed E-state index contributed by atoms with van der Waals surface area (Å²) in [7, 11) is 0. The van der Waals surface area contributed by atoms with Crippen LogP contribution in [0.4, 0.5) is 5.69 Å². The lowest BCUT2D eigenvalue weighted by atomic mass is 10.1. The first-order chi connectivity index (χ1) is 9.68. The van der Waals surface area contributed by atoms with E-state index >= 15 is 0 Å². The second-order valence-corrected chi connectivity index (χ2v) is 5.54. The van der Waals surface area contributed by atoms with Crippen molar-refractivity contribution in [1.82, 2.24) is 0 Å². The molecule has 2 aromatic carbocycles. The summed E-state index contributed by atoms with van der Waals surface area (Å²) in [6, 6.07) is 19.4. The van der Waals surface area contributed by atoms with E-state index in [1.54, 1.807) is 0 Å². The SMILES string of the molecule is Cc1ccccc1N1C(c2ccccc2)OC(C)[C@@H]1C. The Morgan fingerprint density at radius 1 is 0.900 bits per heavy atom. The molecule has 3 atom stereocenters. The topological polar surface area (TPSA) is 12.5 Å². The number of ether oxygens (including phenoxy) is 1. The number of benzene rings is 2. The Hall–Kier alpha value is -1.80. The molecule has 0 aliphatic carbocycles. The summed E-state index contributed by atoms with van der Waals surface area (Å²) in [5, 5.41) is 0. The first-order valence-electron chi connectivity index (χ1n) is 7.23. The summed E-state index contributed by atoms with van der Waals surface area (Å²) in [6.45, 7) is 6.55. The highest BCUT2D eigenvalue weighted by Gasteiger charge is 2.38. The van der Waals surface area contributed by atoms with Crippen molar-refractivity contribution < 1.29 is 4.74 Å². The van der Waals surface area contributed by atoms with Gasteiger partial charge in [-0.2, -0.15) is 0 Å². The smallest absolute Gasteiger partial charge is 0.157 e. The van der Waals surface area contributed by atoms with Crippen LogP contribution in [0.2, 0.25) is 0 Å². The highest BCUT2D eigenvalue weighted by molar-refractivity contribution is 5.56. The third-order valence-electron chi connectivity index (χ3n) is 4.19.